The summed E-state index contributed by atoms with van der Waals surface area (Å²) >= 11 is 0. The van der Waals surface area contributed by atoms with Gasteiger partial charge in [0, 0.05) is 42.4 Å². The van der Waals surface area contributed by atoms with Crippen LogP contribution in [0.5, 0.6) is 0 Å². The molecule has 0 aliphatic heterocycles. The first kappa shape index (κ1) is 32.7. The van der Waals surface area contributed by atoms with E-state index in [0.717, 1.165) is 35.2 Å². The van der Waals surface area contributed by atoms with Gasteiger partial charge in [-0.1, -0.05) is 67.5 Å². The molecule has 0 spiro atoms. The summed E-state index contributed by atoms with van der Waals surface area (Å²) in [5.74, 6) is 0.195. The minimum absolute atomic E-state index is 0. The molecule has 3 rings (SSSR count). The van der Waals surface area contributed by atoms with Crippen molar-refractivity contribution in [1.29, 1.82) is 0 Å². The van der Waals surface area contributed by atoms with Crippen LogP contribution in [-0.4, -0.2) is 15.9 Å². The van der Waals surface area contributed by atoms with Gasteiger partial charge >= 0.3 is 0 Å². The van der Waals surface area contributed by atoms with Crippen LogP contribution in [0.15, 0.2) is 42.2 Å². The third-order valence-corrected chi connectivity index (χ3v) is 7.27. The maximum Gasteiger partial charge on any atom is 0.164 e. The Hall–Kier alpha value is -2.29. The molecule has 203 valence electrons. The van der Waals surface area contributed by atoms with Crippen molar-refractivity contribution in [2.45, 2.75) is 89.0 Å². The zero-order chi connectivity index (χ0) is 27.4. The Balaban J connectivity index is 0.000000384. The van der Waals surface area contributed by atoms with E-state index in [-0.39, 0.29) is 42.5 Å². The van der Waals surface area contributed by atoms with E-state index in [1.54, 1.807) is 0 Å². The van der Waals surface area contributed by atoms with Gasteiger partial charge in [0.05, 0.1) is 5.52 Å². The molecular formula is C33H44IrNO2-. The number of ketones is 1. The van der Waals surface area contributed by atoms with E-state index in [9.17, 15) is 9.90 Å². The molecule has 1 radical (unpaired) electrons. The predicted molar refractivity (Wildman–Crippen MR) is 154 cm³/mol. The van der Waals surface area contributed by atoms with Crippen LogP contribution in [0.1, 0.15) is 82.2 Å². The molecular weight excluding hydrogens is 635 g/mol. The number of carbonyl (C=O) groups is 1. The third-order valence-electron chi connectivity index (χ3n) is 7.27. The number of nitrogens with zero attached hydrogens (tertiary/aromatic N) is 1. The van der Waals surface area contributed by atoms with Crippen LogP contribution >= 0.6 is 0 Å². The van der Waals surface area contributed by atoms with E-state index < -0.39 is 0 Å². The summed E-state index contributed by atoms with van der Waals surface area (Å²) in [5.41, 5.74) is 8.73. The first-order valence-corrected chi connectivity index (χ1v) is 13.0. The molecule has 3 nitrogen and oxygen atoms in total. The molecule has 4 heteroatoms. The number of aliphatic hydroxyl groups is 1. The largest absolute Gasteiger partial charge is 0.512 e. The number of aromatic nitrogens is 1. The Bertz CT molecular complexity index is 1260. The molecule has 0 atom stereocenters. The van der Waals surface area contributed by atoms with Crippen LogP contribution in [0.3, 0.4) is 0 Å². The van der Waals surface area contributed by atoms with E-state index in [1.807, 2.05) is 41.5 Å². The Morgan fingerprint density at radius 1 is 0.865 bits per heavy atom. The van der Waals surface area contributed by atoms with Gasteiger partial charge in [0.2, 0.25) is 0 Å². The number of fused-ring (bicyclic) bond motifs is 1. The first-order chi connectivity index (χ1) is 16.6. The van der Waals surface area contributed by atoms with E-state index in [1.165, 1.54) is 33.7 Å². The molecule has 37 heavy (non-hydrogen) atoms. The van der Waals surface area contributed by atoms with E-state index >= 15 is 0 Å². The van der Waals surface area contributed by atoms with Gasteiger partial charge in [-0.15, -0.1) is 34.9 Å². The van der Waals surface area contributed by atoms with E-state index in [0.29, 0.717) is 0 Å². The van der Waals surface area contributed by atoms with Crippen molar-refractivity contribution in [2.75, 3.05) is 0 Å². The SMILES string of the molecule is CCC(C)(C)C(=O)/C=C(\O)C(C)(C)CC.Cc1[c-]c(-c2cc(C)c3c(C)cc(C)cc3n2)cc(C)c1.[Ir]. The Labute approximate surface area is 238 Å². The zero-order valence-electron chi connectivity index (χ0n) is 24.5. The molecule has 0 aliphatic rings. The second-order valence-corrected chi connectivity index (χ2v) is 11.4. The van der Waals surface area contributed by atoms with Crippen LogP contribution < -0.4 is 0 Å². The summed E-state index contributed by atoms with van der Waals surface area (Å²) in [4.78, 5) is 16.7. The fourth-order valence-electron chi connectivity index (χ4n) is 4.03. The van der Waals surface area contributed by atoms with Crippen molar-refractivity contribution in [3.63, 3.8) is 0 Å². The molecule has 1 heterocycles. The first-order valence-electron chi connectivity index (χ1n) is 13.0. The molecule has 0 amide bonds. The molecule has 0 unspecified atom stereocenters. The number of benzene rings is 2. The predicted octanol–water partition coefficient (Wildman–Crippen LogP) is 9.11. The van der Waals surface area contributed by atoms with Gasteiger partial charge in [-0.2, -0.15) is 0 Å². The smallest absolute Gasteiger partial charge is 0.164 e. The Morgan fingerprint density at radius 2 is 1.41 bits per heavy atom. The molecule has 1 N–H and O–H groups in total. The topological polar surface area (TPSA) is 50.2 Å². The summed E-state index contributed by atoms with van der Waals surface area (Å²) in [6, 6.07) is 14.3. The fourth-order valence-corrected chi connectivity index (χ4v) is 4.03. The van der Waals surface area contributed by atoms with Crippen molar-refractivity contribution in [3.05, 3.63) is 76.1 Å². The van der Waals surface area contributed by atoms with Gasteiger partial charge in [-0.25, -0.2) is 0 Å². The van der Waals surface area contributed by atoms with Gasteiger partial charge in [-0.3, -0.25) is 9.78 Å². The average molecular weight is 679 g/mol. The van der Waals surface area contributed by atoms with Crippen molar-refractivity contribution >= 4 is 16.7 Å². The summed E-state index contributed by atoms with van der Waals surface area (Å²) < 4.78 is 0. The average Bonchev–Trinajstić information content (AvgIpc) is 2.77. The molecule has 0 saturated carbocycles. The van der Waals surface area contributed by atoms with Crippen molar-refractivity contribution < 1.29 is 30.0 Å². The van der Waals surface area contributed by atoms with Crippen molar-refractivity contribution in [1.82, 2.24) is 4.98 Å². The quantitative estimate of drug-likeness (QED) is 0.161. The molecule has 2 aromatic carbocycles. The number of hydrogen-bond donors (Lipinski definition) is 1. The maximum atomic E-state index is 11.8. The second kappa shape index (κ2) is 13.0. The Morgan fingerprint density at radius 3 is 1.95 bits per heavy atom. The van der Waals surface area contributed by atoms with Gasteiger partial charge in [0.25, 0.3) is 0 Å². The summed E-state index contributed by atoms with van der Waals surface area (Å²) in [6.45, 7) is 22.3. The standard InChI is InChI=1S/C20H20N.C13H24O2.Ir/c1-12-6-13(2)9-17(8-12)18-11-16(5)20-15(4)7-14(3)10-19(20)21-18;1-7-12(3,4)10(14)9-11(15)13(5,6)8-2;/h6-8,10-11H,1-5H3;9,14H,7-8H2,1-6H3;/q-1;;/b;10-9-;. The molecule has 0 fully saturated rings. The second-order valence-electron chi connectivity index (χ2n) is 11.4. The van der Waals surface area contributed by atoms with E-state index in [4.69, 9.17) is 4.98 Å². The molecule has 3 aromatic rings. The summed E-state index contributed by atoms with van der Waals surface area (Å²) in [5, 5.41) is 11.1. The maximum absolute atomic E-state index is 11.8. The van der Waals surface area contributed by atoms with Crippen molar-refractivity contribution in [3.8, 4) is 11.3 Å². The minimum atomic E-state index is -0.377. The summed E-state index contributed by atoms with van der Waals surface area (Å²) in [7, 11) is 0. The fraction of sp³-hybridized carbons (Fsp3) is 0.455. The minimum Gasteiger partial charge on any atom is -0.512 e. The number of pyridine rings is 1. The number of carbonyl (C=O) groups excluding carboxylic acids is 1. The molecule has 1 aromatic heterocycles. The van der Waals surface area contributed by atoms with Crippen molar-refractivity contribution in [2.24, 2.45) is 10.8 Å². The zero-order valence-corrected chi connectivity index (χ0v) is 26.9. The van der Waals surface area contributed by atoms with Gasteiger partial charge in [0.15, 0.2) is 5.78 Å². The third kappa shape index (κ3) is 8.35. The van der Waals surface area contributed by atoms with Crippen LogP contribution in [-0.2, 0) is 24.9 Å². The number of rotatable bonds is 6. The Kier molecular flexibility index (Phi) is 11.5. The molecule has 0 saturated heterocycles. The van der Waals surface area contributed by atoms with Gasteiger partial charge in [-0.05, 0) is 62.1 Å². The van der Waals surface area contributed by atoms with Gasteiger partial charge < -0.3 is 5.11 Å². The van der Waals surface area contributed by atoms with Gasteiger partial charge in [0.1, 0.15) is 5.76 Å². The number of aryl methyl sites for hydroxylation is 5. The number of aliphatic hydroxyl groups excluding tert-OH is 1. The number of hydrogen-bond acceptors (Lipinski definition) is 3. The molecule has 0 aliphatic carbocycles. The van der Waals surface area contributed by atoms with Crippen LogP contribution in [0.25, 0.3) is 22.2 Å². The number of allylic oxidation sites excluding steroid dienone is 2. The molecule has 0 bridgehead atoms. The normalized spacial score (nSPS) is 12.0. The van der Waals surface area contributed by atoms with Crippen LogP contribution in [0.2, 0.25) is 0 Å². The summed E-state index contributed by atoms with van der Waals surface area (Å²) in [6.07, 6.45) is 2.99. The monoisotopic (exact) mass is 679 g/mol. The van der Waals surface area contributed by atoms with E-state index in [2.05, 4.69) is 71.0 Å². The van der Waals surface area contributed by atoms with Crippen LogP contribution in [0.4, 0.5) is 0 Å². The van der Waals surface area contributed by atoms with Crippen LogP contribution in [0, 0.1) is 51.5 Å².